The van der Waals surface area contributed by atoms with Gasteiger partial charge in [-0.15, -0.1) is 0 Å². The van der Waals surface area contributed by atoms with E-state index in [1.165, 1.54) is 0 Å². The van der Waals surface area contributed by atoms with Crippen LogP contribution < -0.4 is 0 Å². The summed E-state index contributed by atoms with van der Waals surface area (Å²) in [7, 11) is 0. The summed E-state index contributed by atoms with van der Waals surface area (Å²) in [6.45, 7) is 4.00. The van der Waals surface area contributed by atoms with Crippen LogP contribution in [0.3, 0.4) is 0 Å². The van der Waals surface area contributed by atoms with E-state index < -0.39 is 0 Å². The molecule has 1 aromatic rings. The maximum atomic E-state index is 3.76. The Morgan fingerprint density at radius 2 is 2.00 bits per heavy atom. The molecule has 0 radical (unpaired) electrons. The van der Waals surface area contributed by atoms with Crippen molar-refractivity contribution in [2.75, 3.05) is 0 Å². The third kappa shape index (κ3) is 3.70. The van der Waals surface area contributed by atoms with Gasteiger partial charge in [-0.25, -0.2) is 0 Å². The van der Waals surface area contributed by atoms with Crippen LogP contribution in [0.2, 0.25) is 0 Å². The van der Waals surface area contributed by atoms with Crippen molar-refractivity contribution in [2.45, 2.75) is 13.8 Å². The van der Waals surface area contributed by atoms with E-state index in [0.29, 0.717) is 0 Å². The van der Waals surface area contributed by atoms with Crippen molar-refractivity contribution < 1.29 is 0 Å². The summed E-state index contributed by atoms with van der Waals surface area (Å²) in [6, 6.07) is 1.83. The first-order valence-electron chi connectivity index (χ1n) is 2.65. The van der Waals surface area contributed by atoms with E-state index in [2.05, 4.69) is 42.1 Å². The molecule has 52 valence electrons. The summed E-state index contributed by atoms with van der Waals surface area (Å²) < 4.78 is 1.71. The van der Waals surface area contributed by atoms with Crippen LogP contribution in [-0.2, 0) is 0 Å². The van der Waals surface area contributed by atoms with Crippen molar-refractivity contribution >= 4 is 31.9 Å². The SMILES string of the molecule is Brc1cc(Br)[nH]n1.CC. The largest absolute Gasteiger partial charge is 0.270 e. The third-order valence-corrected chi connectivity index (χ3v) is 1.33. The molecular formula is C5H8Br2N2. The number of halogens is 2. The lowest BCUT2D eigenvalue weighted by molar-refractivity contribution is 1.05. The first kappa shape index (κ1) is 9.17. The van der Waals surface area contributed by atoms with Gasteiger partial charge in [0.1, 0.15) is 9.21 Å². The Kier molecular flexibility index (Phi) is 5.09. The Labute approximate surface area is 71.3 Å². The second-order valence-electron chi connectivity index (χ2n) is 1.04. The molecule has 0 saturated carbocycles. The third-order valence-electron chi connectivity index (χ3n) is 0.515. The fourth-order valence-electron chi connectivity index (χ4n) is 0.276. The highest BCUT2D eigenvalue weighted by Gasteiger charge is 1.88. The Morgan fingerprint density at radius 3 is 2.11 bits per heavy atom. The van der Waals surface area contributed by atoms with E-state index in [1.807, 2.05) is 19.9 Å². The van der Waals surface area contributed by atoms with Gasteiger partial charge in [0.05, 0.1) is 0 Å². The van der Waals surface area contributed by atoms with Crippen LogP contribution in [0.1, 0.15) is 13.8 Å². The molecule has 9 heavy (non-hydrogen) atoms. The second-order valence-corrected chi connectivity index (χ2v) is 2.71. The van der Waals surface area contributed by atoms with Gasteiger partial charge in [0, 0.05) is 6.07 Å². The Bertz CT molecular complexity index is 145. The minimum atomic E-state index is 0.819. The standard InChI is InChI=1S/C3H2Br2N2.C2H6/c4-2-1-3(5)7-6-2;1-2/h1H,(H,6,7);1-2H3. The average Bonchev–Trinajstić information content (AvgIpc) is 2.20. The molecule has 0 atom stereocenters. The van der Waals surface area contributed by atoms with Gasteiger partial charge in [0.25, 0.3) is 0 Å². The van der Waals surface area contributed by atoms with Gasteiger partial charge in [-0.1, -0.05) is 13.8 Å². The number of nitrogens with zero attached hydrogens (tertiary/aromatic N) is 1. The minimum absolute atomic E-state index is 0.819. The highest BCUT2D eigenvalue weighted by atomic mass is 79.9. The van der Waals surface area contributed by atoms with Crippen molar-refractivity contribution in [1.82, 2.24) is 10.2 Å². The van der Waals surface area contributed by atoms with Crippen LogP contribution in [0.25, 0.3) is 0 Å². The summed E-state index contributed by atoms with van der Waals surface area (Å²) in [5.74, 6) is 0. The molecule has 1 rings (SSSR count). The number of nitrogens with one attached hydrogen (secondary N) is 1. The zero-order chi connectivity index (χ0) is 7.28. The lowest BCUT2D eigenvalue weighted by Crippen LogP contribution is -1.61. The molecule has 0 bridgehead atoms. The minimum Gasteiger partial charge on any atom is -0.270 e. The van der Waals surface area contributed by atoms with E-state index in [0.717, 1.165) is 9.21 Å². The maximum absolute atomic E-state index is 3.76. The molecule has 0 aromatic carbocycles. The van der Waals surface area contributed by atoms with Gasteiger partial charge in [-0.3, -0.25) is 5.10 Å². The first-order chi connectivity index (χ1) is 4.29. The summed E-state index contributed by atoms with van der Waals surface area (Å²) in [5.41, 5.74) is 0. The smallest absolute Gasteiger partial charge is 0.129 e. The molecule has 4 heteroatoms. The zero-order valence-corrected chi connectivity index (χ0v) is 8.45. The van der Waals surface area contributed by atoms with Crippen molar-refractivity contribution in [3.05, 3.63) is 15.3 Å². The number of H-pyrrole nitrogens is 1. The van der Waals surface area contributed by atoms with E-state index in [4.69, 9.17) is 0 Å². The fourth-order valence-corrected chi connectivity index (χ4v) is 1.21. The fraction of sp³-hybridized carbons (Fsp3) is 0.400. The van der Waals surface area contributed by atoms with Gasteiger partial charge in [-0.2, -0.15) is 5.10 Å². The number of aromatic amines is 1. The maximum Gasteiger partial charge on any atom is 0.129 e. The topological polar surface area (TPSA) is 28.7 Å². The molecule has 2 nitrogen and oxygen atoms in total. The molecule has 0 aliphatic rings. The Morgan fingerprint density at radius 1 is 1.44 bits per heavy atom. The first-order valence-corrected chi connectivity index (χ1v) is 4.24. The van der Waals surface area contributed by atoms with Crippen molar-refractivity contribution in [2.24, 2.45) is 0 Å². The molecule has 0 aliphatic heterocycles. The average molecular weight is 256 g/mol. The molecule has 1 N–H and O–H groups in total. The quantitative estimate of drug-likeness (QED) is 0.759. The van der Waals surface area contributed by atoms with Gasteiger partial charge in [-0.05, 0) is 31.9 Å². The number of hydrogen-bond acceptors (Lipinski definition) is 1. The predicted molar refractivity (Wildman–Crippen MR) is 45.3 cm³/mol. The predicted octanol–water partition coefficient (Wildman–Crippen LogP) is 2.96. The van der Waals surface area contributed by atoms with Crippen LogP contribution >= 0.6 is 31.9 Å². The van der Waals surface area contributed by atoms with E-state index in [9.17, 15) is 0 Å². The lowest BCUT2D eigenvalue weighted by Gasteiger charge is -1.64. The molecule has 0 amide bonds. The van der Waals surface area contributed by atoms with Crippen LogP contribution in [0.4, 0.5) is 0 Å². The van der Waals surface area contributed by atoms with Gasteiger partial charge < -0.3 is 0 Å². The molecule has 0 spiro atoms. The number of rotatable bonds is 0. The zero-order valence-electron chi connectivity index (χ0n) is 5.28. The number of hydrogen-bond donors (Lipinski definition) is 1. The highest BCUT2D eigenvalue weighted by molar-refractivity contribution is 9.11. The molecule has 0 unspecified atom stereocenters. The lowest BCUT2D eigenvalue weighted by atomic mass is 10.8. The normalized spacial score (nSPS) is 8.00. The van der Waals surface area contributed by atoms with Gasteiger partial charge in [0.15, 0.2) is 0 Å². The summed E-state index contributed by atoms with van der Waals surface area (Å²) in [5, 5.41) is 6.45. The summed E-state index contributed by atoms with van der Waals surface area (Å²) in [6.07, 6.45) is 0. The van der Waals surface area contributed by atoms with Crippen LogP contribution in [0, 0.1) is 0 Å². The Balaban J connectivity index is 0.000000291. The van der Waals surface area contributed by atoms with E-state index >= 15 is 0 Å². The molecule has 0 saturated heterocycles. The highest BCUT2D eigenvalue weighted by Crippen LogP contribution is 2.10. The molecule has 1 heterocycles. The number of aromatic nitrogens is 2. The summed E-state index contributed by atoms with van der Waals surface area (Å²) in [4.78, 5) is 0. The van der Waals surface area contributed by atoms with E-state index in [-0.39, 0.29) is 0 Å². The summed E-state index contributed by atoms with van der Waals surface area (Å²) >= 11 is 6.34. The van der Waals surface area contributed by atoms with Gasteiger partial charge >= 0.3 is 0 Å². The van der Waals surface area contributed by atoms with Crippen LogP contribution in [0.15, 0.2) is 15.3 Å². The monoisotopic (exact) mass is 254 g/mol. The van der Waals surface area contributed by atoms with Gasteiger partial charge in [0.2, 0.25) is 0 Å². The van der Waals surface area contributed by atoms with Crippen molar-refractivity contribution in [3.63, 3.8) is 0 Å². The van der Waals surface area contributed by atoms with E-state index in [1.54, 1.807) is 0 Å². The molecular weight excluding hydrogens is 248 g/mol. The molecule has 0 aliphatic carbocycles. The van der Waals surface area contributed by atoms with Crippen molar-refractivity contribution in [1.29, 1.82) is 0 Å². The Hall–Kier alpha value is 0.170. The second kappa shape index (κ2) is 4.99. The molecule has 1 aromatic heterocycles. The molecule has 0 fully saturated rings. The van der Waals surface area contributed by atoms with Crippen molar-refractivity contribution in [3.8, 4) is 0 Å². The van der Waals surface area contributed by atoms with Crippen LogP contribution in [-0.4, -0.2) is 10.2 Å². The van der Waals surface area contributed by atoms with Crippen LogP contribution in [0.5, 0.6) is 0 Å².